The van der Waals surface area contributed by atoms with Crippen molar-refractivity contribution in [2.45, 2.75) is 193 Å². The Morgan fingerprint density at radius 1 is 0.562 bits per heavy atom. The number of nitrogens with two attached hydrogens (primary N) is 2. The fourth-order valence-electron chi connectivity index (χ4n) is 17.9. The van der Waals surface area contributed by atoms with Crippen LogP contribution in [0.2, 0.25) is 0 Å². The predicted octanol–water partition coefficient (Wildman–Crippen LogP) is 9.63. The number of carbonyl (C=O) groups is 4. The number of hydrogen-bond acceptors (Lipinski definition) is 38. The van der Waals surface area contributed by atoms with Crippen LogP contribution in [0.5, 0.6) is 35.5 Å². The number of nitrogen functional groups attached to an aromatic ring is 2. The molecule has 2 aliphatic carbocycles. The van der Waals surface area contributed by atoms with Crippen LogP contribution in [0.3, 0.4) is 0 Å². The quantitative estimate of drug-likeness (QED) is 0.0197. The third kappa shape index (κ3) is 29.0. The lowest BCUT2D eigenvalue weighted by molar-refractivity contribution is -0.00832. The Hall–Kier alpha value is -14.1. The van der Waals surface area contributed by atoms with Gasteiger partial charge in [0.15, 0.2) is 28.6 Å². The molecule has 9 N–H and O–H groups in total. The minimum Gasteiger partial charge on any atom is -0.490 e. The lowest BCUT2D eigenvalue weighted by Gasteiger charge is -2.42. The second kappa shape index (κ2) is 46.5. The molecule has 0 bridgehead atoms. The summed E-state index contributed by atoms with van der Waals surface area (Å²) in [5.74, 6) is 3.03. The Kier molecular flexibility index (Phi) is 33.4. The summed E-state index contributed by atoms with van der Waals surface area (Å²) in [7, 11) is -3.25. The van der Waals surface area contributed by atoms with Crippen molar-refractivity contribution in [2.75, 3.05) is 174 Å². The van der Waals surface area contributed by atoms with Gasteiger partial charge in [-0.3, -0.25) is 34.4 Å². The molecule has 10 aromatic heterocycles. The molecule has 4 amide bonds. The first-order valence-corrected chi connectivity index (χ1v) is 51.9. The van der Waals surface area contributed by atoms with Gasteiger partial charge in [0.1, 0.15) is 88.5 Å². The summed E-state index contributed by atoms with van der Waals surface area (Å²) in [6, 6.07) is 18.9. The highest BCUT2D eigenvalue weighted by atomic mass is 32.2. The molecule has 7 saturated heterocycles. The molecule has 47 heteroatoms. The fraction of sp³-hybridized carbons (Fsp3) is 0.576. The summed E-state index contributed by atoms with van der Waals surface area (Å²) in [6.07, 6.45) is 24.7. The topological polar surface area (TPSA) is 566 Å². The van der Waals surface area contributed by atoms with Crippen molar-refractivity contribution in [1.29, 1.82) is 10.5 Å². The van der Waals surface area contributed by atoms with Crippen LogP contribution >= 0.6 is 0 Å². The highest BCUT2D eigenvalue weighted by Crippen LogP contribution is 2.47. The van der Waals surface area contributed by atoms with Crippen LogP contribution in [0.25, 0.3) is 22.1 Å². The van der Waals surface area contributed by atoms with E-state index < -0.39 is 49.9 Å². The van der Waals surface area contributed by atoms with E-state index in [4.69, 9.17) is 49.4 Å². The second-order valence-electron chi connectivity index (χ2n) is 41.1. The number of nitriles is 2. The predicted molar refractivity (Wildman–Crippen MR) is 534 cm³/mol. The van der Waals surface area contributed by atoms with Crippen LogP contribution in [-0.4, -0.2) is 300 Å². The van der Waals surface area contributed by atoms with Crippen molar-refractivity contribution >= 4 is 90.4 Å². The number of likely N-dealkylation sites (tertiary alicyclic amines) is 1. The monoisotopic (exact) mass is 2030 g/mol. The largest absolute Gasteiger partial charge is 0.490 e. The normalized spacial score (nSPS) is 19.0. The minimum atomic E-state index is -3.25. The second-order valence-corrected chi connectivity index (χ2v) is 43.3. The van der Waals surface area contributed by atoms with Crippen LogP contribution in [0.4, 0.5) is 43.7 Å². The average Bonchev–Trinajstić information content (AvgIpc) is 1.88. The van der Waals surface area contributed by atoms with E-state index in [0.717, 1.165) is 175 Å². The van der Waals surface area contributed by atoms with Crippen molar-refractivity contribution in [1.82, 2.24) is 111 Å². The average molecular weight is 2030 g/mol. The third-order valence-electron chi connectivity index (χ3n) is 26.7. The first-order chi connectivity index (χ1) is 70.0. The lowest BCUT2D eigenvalue weighted by Crippen LogP contribution is -2.59. The van der Waals surface area contributed by atoms with Gasteiger partial charge in [0.2, 0.25) is 11.8 Å². The molecule has 10 aromatic rings. The number of amides is 4. The number of sulfone groups is 1. The van der Waals surface area contributed by atoms with Crippen LogP contribution in [0, 0.1) is 50.7 Å². The number of nitrogens with zero attached hydrogens (tertiary/aromatic N) is 23. The smallest absolute Gasteiger partial charge is 0.322 e. The van der Waals surface area contributed by atoms with Crippen molar-refractivity contribution < 1.29 is 74.3 Å². The highest BCUT2D eigenvalue weighted by Gasteiger charge is 2.47. The Bertz CT molecular complexity index is 6200. The van der Waals surface area contributed by atoms with Crippen LogP contribution in [0.1, 0.15) is 217 Å². The number of aromatic nitrogens is 18. The van der Waals surface area contributed by atoms with Gasteiger partial charge in [-0.2, -0.15) is 65.6 Å². The lowest BCUT2D eigenvalue weighted by atomic mass is 9.92. The van der Waals surface area contributed by atoms with E-state index in [1.54, 1.807) is 62.2 Å². The first-order valence-electron chi connectivity index (χ1n) is 49.8. The van der Waals surface area contributed by atoms with Crippen molar-refractivity contribution in [3.63, 3.8) is 0 Å². The number of carbonyl (C=O) groups excluding carboxylic acids is 4. The molecule has 9 fully saturated rings. The summed E-state index contributed by atoms with van der Waals surface area (Å²) in [5, 5.41) is 44.0. The zero-order valence-corrected chi connectivity index (χ0v) is 84.4. The molecule has 0 spiro atoms. The van der Waals surface area contributed by atoms with E-state index >= 15 is 0 Å². The zero-order valence-electron chi connectivity index (χ0n) is 83.6. The number of rotatable bonds is 34. The maximum Gasteiger partial charge on any atom is 0.322 e. The molecule has 2 saturated carbocycles. The number of hydrogen-bond donors (Lipinski definition) is 7. The Labute approximate surface area is 844 Å². The number of H-pyrrole nitrogens is 2. The van der Waals surface area contributed by atoms with Crippen molar-refractivity contribution in [2.24, 2.45) is 28.1 Å². The number of ether oxygens (including phenoxy) is 8. The molecule has 1 unspecified atom stereocenters. The molecular formula is C99H128F2N30O14S. The molecule has 7 aliphatic heterocycles. The van der Waals surface area contributed by atoms with Crippen LogP contribution in [0.15, 0.2) is 85.8 Å². The molecule has 0 radical (unpaired) electrons. The number of halogens is 2. The van der Waals surface area contributed by atoms with E-state index in [1.807, 2.05) is 49.9 Å². The summed E-state index contributed by atoms with van der Waals surface area (Å²) >= 11 is 0. The van der Waals surface area contributed by atoms with Crippen molar-refractivity contribution in [3.05, 3.63) is 120 Å². The Morgan fingerprint density at radius 2 is 1.03 bits per heavy atom. The number of fused-ring (bicyclic) bond motifs is 2. The van der Waals surface area contributed by atoms with E-state index in [9.17, 15) is 46.9 Å². The zero-order chi connectivity index (χ0) is 103. The minimum absolute atomic E-state index is 0.00787. The van der Waals surface area contributed by atoms with E-state index in [-0.39, 0.29) is 115 Å². The van der Waals surface area contributed by atoms with Gasteiger partial charge in [-0.05, 0) is 178 Å². The van der Waals surface area contributed by atoms with Gasteiger partial charge < -0.3 is 89.8 Å². The van der Waals surface area contributed by atoms with Gasteiger partial charge in [-0.15, -0.1) is 0 Å². The van der Waals surface area contributed by atoms with Gasteiger partial charge in [0, 0.05) is 155 Å². The summed E-state index contributed by atoms with van der Waals surface area (Å²) in [6.45, 7) is 21.7. The van der Waals surface area contributed by atoms with Gasteiger partial charge in [-0.25, -0.2) is 37.1 Å². The number of piperidine rings is 4. The van der Waals surface area contributed by atoms with Crippen LogP contribution < -0.4 is 75.4 Å². The summed E-state index contributed by atoms with van der Waals surface area (Å²) in [5.41, 5.74) is 12.5. The van der Waals surface area contributed by atoms with Gasteiger partial charge in [0.25, 0.3) is 23.6 Å². The molecule has 9 aliphatic rings. The summed E-state index contributed by atoms with van der Waals surface area (Å²) in [4.78, 5) is 122. The van der Waals surface area contributed by atoms with Crippen LogP contribution in [-0.2, 0) is 19.3 Å². The molecule has 44 nitrogen and oxygen atoms in total. The van der Waals surface area contributed by atoms with Gasteiger partial charge >= 0.3 is 24.0 Å². The maximum absolute atomic E-state index is 14.0. The summed E-state index contributed by atoms with van der Waals surface area (Å²) < 4.78 is 97.4. The molecule has 146 heavy (non-hydrogen) atoms. The molecule has 3 atom stereocenters. The molecule has 19 rings (SSSR count). The highest BCUT2D eigenvalue weighted by molar-refractivity contribution is 7.90. The maximum atomic E-state index is 14.0. The Morgan fingerprint density at radius 3 is 1.51 bits per heavy atom. The molecular weight excluding hydrogens is 1900 g/mol. The fourth-order valence-corrected chi connectivity index (χ4v) is 18.9. The standard InChI is InChI=1S/C25H30FN7O3.C25H34N8O3.C25H33N7O5S.C24H31FN8O3/c1-25(26)14-33(15-25)23(34)19-12-20(29-24(28-19)36-13-17-4-3-11-35-17)32-9-6-16(7-10-32)21-18-5-2-8-27-22(18)31-30-21;1-24(2,3)15-29-21(34)20-30-22(32-23(31-20)36-16-25(14-26)7-8-25)33-10-5-17(6-11-33)13-35-19-12-28-9-4-18(19)27;1-16(15-38(2,34)35)27-24(33)20-13-21(29-25(28-20)37-14-18-5-4-12-36-18)32-10-7-17(8-11-32)22-19-6-3-9-26-23(19)31-30-22;1-23(2,25)13-29-21(34)17-9-19(32-22(31-17)36-14-24(12-26)5-6-24)33-7-3-16(4-8-33)11-35-18-10-28-15-30-20(18)27/h2,5,8,12,16-17H,3-4,6-7,9-11,13-15H2,1H3,(H,27,30,31);4,9,12,17H,5-8,10-11,13,15-16H2,1-3H3,(H2,27,28)(H,29,34);3,6,9,13,16-18H,4-5,7-8,10-12,14-15H2,1-2H3,(H,27,33)(H,26,30,31);9-10,15-16H,3-8,11,13-14H2,1-2H3,(H,29,34)(H2,27,28,30)/t17-;;16?,18-;/m1.1./s1. The van der Waals surface area contributed by atoms with Gasteiger partial charge in [0.05, 0.1) is 91.9 Å². The first kappa shape index (κ1) is 105. The molecule has 17 heterocycles. The number of anilines is 6. The Balaban J connectivity index is 0.000000139. The number of nitrogens with one attached hydrogen (secondary N) is 5. The number of aromatic amines is 2. The molecule has 778 valence electrons. The third-order valence-corrected chi connectivity index (χ3v) is 27.8. The number of alkyl halides is 2. The molecule has 0 aromatic carbocycles. The SMILES string of the molecule is CC(C)(C)CNC(=O)c1nc(OCC2(C#N)CC2)nc(N2CCC(COc3cnccc3N)CC2)n1.CC(C)(F)CNC(=O)c1cc(N2CCC(COc3cncnc3N)CC2)nc(OCC2(C#N)CC2)n1.CC(CS(C)(=O)=O)NC(=O)c1cc(N2CCC(c3[nH]nc4ncccc34)CC2)nc(OC[C@H]2CCCO2)n1.CC1(F)CN(C(=O)c2cc(N3CCC(c4[nH]nc5ncccc45)CC3)nc(OC[C@H]3CCCO3)n2)C1. The van der Waals surface area contributed by atoms with Gasteiger partial charge in [-0.1, -0.05) is 20.8 Å². The number of pyridine rings is 3. The van der Waals surface area contributed by atoms with E-state index in [0.29, 0.717) is 136 Å². The van der Waals surface area contributed by atoms with E-state index in [2.05, 4.69) is 133 Å². The van der Waals surface area contributed by atoms with E-state index in [1.165, 1.54) is 32.0 Å². The van der Waals surface area contributed by atoms with Crippen molar-refractivity contribution in [3.8, 4) is 47.7 Å².